The van der Waals surface area contributed by atoms with Crippen molar-refractivity contribution >= 4 is 23.9 Å². The Morgan fingerprint density at radius 3 is 1.97 bits per heavy atom. The van der Waals surface area contributed by atoms with E-state index in [1.165, 1.54) is 7.11 Å². The molecule has 0 amide bonds. The first kappa shape index (κ1) is 33.1. The van der Waals surface area contributed by atoms with E-state index in [2.05, 4.69) is 5.32 Å². The molecule has 0 heterocycles. The van der Waals surface area contributed by atoms with Crippen molar-refractivity contribution in [1.82, 2.24) is 5.32 Å². The number of methoxy groups -OCH3 is 1. The number of hydrogen-bond donors (Lipinski definition) is 1. The fourth-order valence-corrected chi connectivity index (χ4v) is 3.44. The molecule has 0 bridgehead atoms. The molecule has 1 atom stereocenters. The number of rotatable bonds is 14. The molecule has 9 nitrogen and oxygen atoms in total. The molecule has 1 aromatic rings. The smallest absolute Gasteiger partial charge is 0.323 e. The van der Waals surface area contributed by atoms with Gasteiger partial charge >= 0.3 is 23.9 Å². The molecule has 0 spiro atoms. The molecule has 0 aromatic heterocycles. The maximum atomic E-state index is 12.6. The van der Waals surface area contributed by atoms with Gasteiger partial charge in [0.1, 0.15) is 12.6 Å². The Hall–Kier alpha value is -2.94. The van der Waals surface area contributed by atoms with Gasteiger partial charge in [-0.15, -0.1) is 0 Å². The van der Waals surface area contributed by atoms with Gasteiger partial charge in [0.05, 0.1) is 20.0 Å². The summed E-state index contributed by atoms with van der Waals surface area (Å²) in [7, 11) is 1.29. The first-order valence-corrected chi connectivity index (χ1v) is 13.1. The summed E-state index contributed by atoms with van der Waals surface area (Å²) < 4.78 is 21.3. The molecular formula is C29H45NO8. The van der Waals surface area contributed by atoms with Crippen LogP contribution in [0.2, 0.25) is 0 Å². The average Bonchev–Trinajstić information content (AvgIpc) is 2.78. The molecule has 9 heteroatoms. The topological polar surface area (TPSA) is 117 Å². The predicted octanol–water partition coefficient (Wildman–Crippen LogP) is 4.78. The predicted molar refractivity (Wildman–Crippen MR) is 144 cm³/mol. The van der Waals surface area contributed by atoms with Gasteiger partial charge in [-0.25, -0.2) is 0 Å². The molecule has 0 aliphatic heterocycles. The molecule has 0 aliphatic rings. The van der Waals surface area contributed by atoms with Crippen molar-refractivity contribution in [2.75, 3.05) is 20.3 Å². The quantitative estimate of drug-likeness (QED) is 0.204. The molecule has 0 unspecified atom stereocenters. The zero-order valence-electron chi connectivity index (χ0n) is 24.2. The van der Waals surface area contributed by atoms with Gasteiger partial charge in [0.2, 0.25) is 0 Å². The summed E-state index contributed by atoms with van der Waals surface area (Å²) in [4.78, 5) is 49.2. The van der Waals surface area contributed by atoms with E-state index >= 15 is 0 Å². The van der Waals surface area contributed by atoms with E-state index in [0.29, 0.717) is 12.0 Å². The minimum Gasteiger partial charge on any atom is -0.468 e. The summed E-state index contributed by atoms with van der Waals surface area (Å²) in [5, 5.41) is 3.05. The van der Waals surface area contributed by atoms with E-state index in [0.717, 1.165) is 12.8 Å². The van der Waals surface area contributed by atoms with Crippen LogP contribution in [0.15, 0.2) is 18.2 Å². The van der Waals surface area contributed by atoms with Crippen molar-refractivity contribution in [3.8, 4) is 11.5 Å². The van der Waals surface area contributed by atoms with Crippen LogP contribution in [0, 0.1) is 10.8 Å². The van der Waals surface area contributed by atoms with Crippen molar-refractivity contribution in [2.45, 2.75) is 93.0 Å². The van der Waals surface area contributed by atoms with Gasteiger partial charge in [-0.05, 0) is 41.4 Å². The highest BCUT2D eigenvalue weighted by Gasteiger charge is 2.24. The standard InChI is InChI=1S/C29H45NO8/c1-9-10-11-24(31)36-15-14-30-21(27(34)35-8)16-20-12-13-22(37-25(32)18-28(2,3)4)23(17-20)38-26(33)19-29(5,6)7/h12-13,17,21,30H,9-11,14-16,18-19H2,1-8H3/t21-/m0/s1. The average molecular weight is 536 g/mol. The van der Waals surface area contributed by atoms with Gasteiger partial charge in [0.15, 0.2) is 11.5 Å². The normalized spacial score (nSPS) is 12.4. The van der Waals surface area contributed by atoms with Crippen LogP contribution in [0.3, 0.4) is 0 Å². The Morgan fingerprint density at radius 1 is 0.868 bits per heavy atom. The number of hydrogen-bond acceptors (Lipinski definition) is 9. The Morgan fingerprint density at radius 2 is 1.45 bits per heavy atom. The number of carbonyl (C=O) groups excluding carboxylic acids is 4. The van der Waals surface area contributed by atoms with E-state index < -0.39 is 23.9 Å². The van der Waals surface area contributed by atoms with Crippen LogP contribution in [0.1, 0.15) is 86.1 Å². The molecule has 38 heavy (non-hydrogen) atoms. The molecule has 1 rings (SSSR count). The van der Waals surface area contributed by atoms with Crippen molar-refractivity contribution in [3.63, 3.8) is 0 Å². The summed E-state index contributed by atoms with van der Waals surface area (Å²) in [6, 6.07) is 4.10. The Balaban J connectivity index is 3.04. The van der Waals surface area contributed by atoms with Crippen molar-refractivity contribution in [1.29, 1.82) is 0 Å². The third-order valence-electron chi connectivity index (χ3n) is 5.22. The van der Waals surface area contributed by atoms with Gasteiger partial charge in [-0.3, -0.25) is 19.2 Å². The third-order valence-corrected chi connectivity index (χ3v) is 5.22. The van der Waals surface area contributed by atoms with Crippen LogP contribution >= 0.6 is 0 Å². The van der Waals surface area contributed by atoms with E-state index in [4.69, 9.17) is 18.9 Å². The molecule has 0 aliphatic carbocycles. The number of carbonyl (C=O) groups is 4. The first-order valence-electron chi connectivity index (χ1n) is 13.1. The first-order chi connectivity index (χ1) is 17.6. The largest absolute Gasteiger partial charge is 0.468 e. The number of nitrogens with one attached hydrogen (secondary N) is 1. The molecule has 0 fully saturated rings. The minimum atomic E-state index is -0.734. The molecule has 214 valence electrons. The van der Waals surface area contributed by atoms with Gasteiger partial charge in [0.25, 0.3) is 0 Å². The highest BCUT2D eigenvalue weighted by Crippen LogP contribution is 2.32. The highest BCUT2D eigenvalue weighted by atomic mass is 16.6. The van der Waals surface area contributed by atoms with Gasteiger partial charge in [0, 0.05) is 13.0 Å². The lowest BCUT2D eigenvalue weighted by Crippen LogP contribution is -2.41. The maximum Gasteiger partial charge on any atom is 0.323 e. The zero-order chi connectivity index (χ0) is 28.9. The lowest BCUT2D eigenvalue weighted by atomic mass is 9.92. The van der Waals surface area contributed by atoms with Crippen LogP contribution in [0.4, 0.5) is 0 Å². The number of esters is 4. The maximum absolute atomic E-state index is 12.6. The number of unbranched alkanes of at least 4 members (excludes halogenated alkanes) is 1. The number of ether oxygens (including phenoxy) is 4. The summed E-state index contributed by atoms with van der Waals surface area (Å²) in [5.41, 5.74) is 0.0867. The Bertz CT molecular complexity index is 943. The summed E-state index contributed by atoms with van der Waals surface area (Å²) in [5.74, 6) is -1.44. The van der Waals surface area contributed by atoms with Crippen LogP contribution in [-0.4, -0.2) is 50.2 Å². The van der Waals surface area contributed by atoms with Crippen molar-refractivity contribution < 1.29 is 38.1 Å². The molecular weight excluding hydrogens is 490 g/mol. The lowest BCUT2D eigenvalue weighted by Gasteiger charge is -2.20. The van der Waals surface area contributed by atoms with Crippen LogP contribution in [0.5, 0.6) is 11.5 Å². The monoisotopic (exact) mass is 535 g/mol. The van der Waals surface area contributed by atoms with E-state index in [1.807, 2.05) is 48.5 Å². The minimum absolute atomic E-state index is 0.104. The van der Waals surface area contributed by atoms with Crippen molar-refractivity contribution in [3.05, 3.63) is 23.8 Å². The van der Waals surface area contributed by atoms with Crippen LogP contribution < -0.4 is 14.8 Å². The Labute approximate surface area is 226 Å². The van der Waals surface area contributed by atoms with E-state index in [1.54, 1.807) is 18.2 Å². The fraction of sp³-hybridized carbons (Fsp3) is 0.655. The van der Waals surface area contributed by atoms with Crippen LogP contribution in [-0.2, 0) is 35.1 Å². The fourth-order valence-electron chi connectivity index (χ4n) is 3.44. The second-order valence-corrected chi connectivity index (χ2v) is 11.8. The SMILES string of the molecule is CCCCC(=O)OCCN[C@@H](Cc1ccc(OC(=O)CC(C)(C)C)c(OC(=O)CC(C)(C)C)c1)C(=O)OC. The molecule has 1 aromatic carbocycles. The number of benzene rings is 1. The van der Waals surface area contributed by atoms with E-state index in [-0.39, 0.29) is 60.7 Å². The highest BCUT2D eigenvalue weighted by molar-refractivity contribution is 5.78. The summed E-state index contributed by atoms with van der Waals surface area (Å²) in [6.45, 7) is 13.9. The second-order valence-electron chi connectivity index (χ2n) is 11.8. The van der Waals surface area contributed by atoms with Crippen molar-refractivity contribution in [2.24, 2.45) is 10.8 Å². The third kappa shape index (κ3) is 14.1. The second kappa shape index (κ2) is 15.5. The Kier molecular flexibility index (Phi) is 13.5. The van der Waals surface area contributed by atoms with Crippen LogP contribution in [0.25, 0.3) is 0 Å². The molecule has 0 saturated carbocycles. The lowest BCUT2D eigenvalue weighted by molar-refractivity contribution is -0.144. The zero-order valence-corrected chi connectivity index (χ0v) is 24.2. The molecule has 1 N–H and O–H groups in total. The summed E-state index contributed by atoms with van der Waals surface area (Å²) >= 11 is 0. The van der Waals surface area contributed by atoms with E-state index in [9.17, 15) is 19.2 Å². The van der Waals surface area contributed by atoms with Gasteiger partial charge < -0.3 is 24.3 Å². The molecule has 0 radical (unpaired) electrons. The van der Waals surface area contributed by atoms with Gasteiger partial charge in [-0.1, -0.05) is 61.0 Å². The summed E-state index contributed by atoms with van der Waals surface area (Å²) in [6.07, 6.45) is 2.58. The van der Waals surface area contributed by atoms with Gasteiger partial charge in [-0.2, -0.15) is 0 Å². The molecule has 0 saturated heterocycles.